The first-order valence-electron chi connectivity index (χ1n) is 12.0. The van der Waals surface area contributed by atoms with Gasteiger partial charge in [0, 0.05) is 0 Å². The highest BCUT2D eigenvalue weighted by Gasteiger charge is 2.04. The number of imidazole rings is 1. The molecule has 3 heteroatoms. The highest BCUT2D eigenvalue weighted by Crippen LogP contribution is 2.13. The highest BCUT2D eigenvalue weighted by molar-refractivity contribution is 5.13. The van der Waals surface area contributed by atoms with Gasteiger partial charge in [-0.1, -0.05) is 114 Å². The average Bonchev–Trinajstić information content (AvgIpc) is 3.16. The van der Waals surface area contributed by atoms with Crippen molar-refractivity contribution in [2.75, 3.05) is 0 Å². The normalized spacial score (nSPS) is 10.8. The zero-order chi connectivity index (χ0) is 19.7. The number of hydrogen-bond acceptors (Lipinski definition) is 0. The number of benzene rings is 1. The van der Waals surface area contributed by atoms with Gasteiger partial charge >= 0.3 is 0 Å². The molecule has 0 unspecified atom stereocenters. The molecule has 0 spiro atoms. The fourth-order valence-electron chi connectivity index (χ4n) is 3.95. The first kappa shape index (κ1) is 25.9. The van der Waals surface area contributed by atoms with Gasteiger partial charge in [0.05, 0.1) is 6.54 Å². The molecule has 0 amide bonds. The minimum Gasteiger partial charge on any atom is -1.00 e. The van der Waals surface area contributed by atoms with Crippen LogP contribution in [0.15, 0.2) is 49.1 Å². The van der Waals surface area contributed by atoms with Gasteiger partial charge in [0.15, 0.2) is 0 Å². The van der Waals surface area contributed by atoms with Crippen molar-refractivity contribution in [3.8, 4) is 0 Å². The van der Waals surface area contributed by atoms with Crippen LogP contribution in [-0.4, -0.2) is 4.57 Å². The predicted molar refractivity (Wildman–Crippen MR) is 120 cm³/mol. The molecule has 0 fully saturated rings. The van der Waals surface area contributed by atoms with Gasteiger partial charge in [0.25, 0.3) is 0 Å². The molecule has 2 nitrogen and oxygen atoms in total. The lowest BCUT2D eigenvalue weighted by Gasteiger charge is -2.03. The van der Waals surface area contributed by atoms with Crippen LogP contribution in [0.4, 0.5) is 0 Å². The molecule has 0 saturated carbocycles. The first-order chi connectivity index (χ1) is 13.9. The predicted octanol–water partition coefficient (Wildman–Crippen LogP) is 4.31. The van der Waals surface area contributed by atoms with Crippen molar-refractivity contribution in [2.45, 2.75) is 110 Å². The standard InChI is InChI=1S/C26H43N2.BrH/c1-2-3-4-5-6-7-8-9-10-11-12-13-14-18-21-27-22-23-28(25-27)24-26-19-16-15-17-20-26;/h15-17,19-20,22-23,25H,2-14,18,21,24H2,1H3;1H/q+1;/p-1. The summed E-state index contributed by atoms with van der Waals surface area (Å²) >= 11 is 0. The first-order valence-corrected chi connectivity index (χ1v) is 12.0. The number of unbranched alkanes of at least 4 members (excludes halogenated alkanes) is 13. The van der Waals surface area contributed by atoms with Crippen molar-refractivity contribution in [1.29, 1.82) is 0 Å². The summed E-state index contributed by atoms with van der Waals surface area (Å²) in [5.41, 5.74) is 1.36. The second-order valence-electron chi connectivity index (χ2n) is 8.41. The van der Waals surface area contributed by atoms with Crippen LogP contribution in [-0.2, 0) is 13.1 Å². The van der Waals surface area contributed by atoms with E-state index in [1.165, 1.54) is 95.5 Å². The molecule has 0 aliphatic heterocycles. The highest BCUT2D eigenvalue weighted by atomic mass is 79.9. The molecule has 0 N–H and O–H groups in total. The van der Waals surface area contributed by atoms with Crippen LogP contribution in [0.1, 0.15) is 102 Å². The van der Waals surface area contributed by atoms with Gasteiger partial charge in [-0.05, 0) is 18.4 Å². The van der Waals surface area contributed by atoms with Gasteiger partial charge in [-0.2, -0.15) is 0 Å². The third kappa shape index (κ3) is 12.9. The van der Waals surface area contributed by atoms with Crippen molar-refractivity contribution < 1.29 is 21.5 Å². The van der Waals surface area contributed by atoms with E-state index < -0.39 is 0 Å². The Kier molecular flexibility index (Phi) is 15.9. The zero-order valence-corrected chi connectivity index (χ0v) is 20.3. The summed E-state index contributed by atoms with van der Waals surface area (Å²) in [7, 11) is 0. The van der Waals surface area contributed by atoms with Crippen molar-refractivity contribution in [3.05, 3.63) is 54.6 Å². The van der Waals surface area contributed by atoms with E-state index in [-0.39, 0.29) is 17.0 Å². The molecule has 2 aromatic rings. The molecule has 164 valence electrons. The Morgan fingerprint density at radius 1 is 0.690 bits per heavy atom. The van der Waals surface area contributed by atoms with Gasteiger partial charge in [-0.15, -0.1) is 0 Å². The van der Waals surface area contributed by atoms with E-state index in [2.05, 4.69) is 65.1 Å². The maximum Gasteiger partial charge on any atom is 0.244 e. The lowest BCUT2D eigenvalue weighted by Crippen LogP contribution is -3.00. The largest absolute Gasteiger partial charge is 1.00 e. The van der Waals surface area contributed by atoms with Gasteiger partial charge in [-0.3, -0.25) is 0 Å². The van der Waals surface area contributed by atoms with E-state index in [9.17, 15) is 0 Å². The van der Waals surface area contributed by atoms with Crippen molar-refractivity contribution >= 4 is 0 Å². The van der Waals surface area contributed by atoms with Crippen LogP contribution in [0.25, 0.3) is 0 Å². The van der Waals surface area contributed by atoms with Crippen LogP contribution >= 0.6 is 0 Å². The quantitative estimate of drug-likeness (QED) is 0.244. The molecule has 29 heavy (non-hydrogen) atoms. The Labute approximate surface area is 190 Å². The second kappa shape index (κ2) is 17.7. The molecular weight excluding hydrogens is 420 g/mol. The molecule has 0 atom stereocenters. The summed E-state index contributed by atoms with van der Waals surface area (Å²) in [6, 6.07) is 10.7. The molecule has 0 aliphatic rings. The minimum absolute atomic E-state index is 0. The monoisotopic (exact) mass is 462 g/mol. The molecule has 0 radical (unpaired) electrons. The van der Waals surface area contributed by atoms with Crippen LogP contribution in [0.5, 0.6) is 0 Å². The molecule has 1 heterocycles. The zero-order valence-electron chi connectivity index (χ0n) is 18.7. The molecule has 1 aromatic heterocycles. The van der Waals surface area contributed by atoms with Gasteiger partial charge < -0.3 is 17.0 Å². The van der Waals surface area contributed by atoms with Gasteiger partial charge in [-0.25, -0.2) is 9.13 Å². The molecule has 0 bridgehead atoms. The molecule has 0 saturated heterocycles. The summed E-state index contributed by atoms with van der Waals surface area (Å²) in [5.74, 6) is 0. The molecule has 0 aliphatic carbocycles. The third-order valence-electron chi connectivity index (χ3n) is 5.72. The van der Waals surface area contributed by atoms with Crippen molar-refractivity contribution in [2.24, 2.45) is 0 Å². The number of hydrogen-bond donors (Lipinski definition) is 0. The van der Waals surface area contributed by atoms with Crippen LogP contribution in [0, 0.1) is 0 Å². The molecule has 2 rings (SSSR count). The maximum absolute atomic E-state index is 2.34. The summed E-state index contributed by atoms with van der Waals surface area (Å²) < 4.78 is 4.61. The third-order valence-corrected chi connectivity index (χ3v) is 5.72. The van der Waals surface area contributed by atoms with Crippen LogP contribution in [0.2, 0.25) is 0 Å². The lowest BCUT2D eigenvalue weighted by atomic mass is 10.0. The number of halogens is 1. The van der Waals surface area contributed by atoms with E-state index in [4.69, 9.17) is 0 Å². The molecular formula is C26H43BrN2. The van der Waals surface area contributed by atoms with Gasteiger partial charge in [0.2, 0.25) is 6.33 Å². The topological polar surface area (TPSA) is 8.81 Å². The number of aromatic nitrogens is 2. The van der Waals surface area contributed by atoms with E-state index in [1.54, 1.807) is 0 Å². The van der Waals surface area contributed by atoms with E-state index in [0.717, 1.165) is 13.1 Å². The fourth-order valence-corrected chi connectivity index (χ4v) is 3.95. The summed E-state index contributed by atoms with van der Waals surface area (Å²) in [6.07, 6.45) is 26.6. The van der Waals surface area contributed by atoms with Crippen molar-refractivity contribution in [1.82, 2.24) is 4.57 Å². The summed E-state index contributed by atoms with van der Waals surface area (Å²) in [4.78, 5) is 0. The van der Waals surface area contributed by atoms with E-state index >= 15 is 0 Å². The van der Waals surface area contributed by atoms with Crippen LogP contribution < -0.4 is 21.5 Å². The lowest BCUT2D eigenvalue weighted by molar-refractivity contribution is -0.687. The Balaban J connectivity index is 0.00000420. The Morgan fingerprint density at radius 2 is 1.21 bits per heavy atom. The number of nitrogens with zero attached hydrogens (tertiary/aromatic N) is 2. The van der Waals surface area contributed by atoms with E-state index in [1.807, 2.05) is 0 Å². The fraction of sp³-hybridized carbons (Fsp3) is 0.654. The van der Waals surface area contributed by atoms with Gasteiger partial charge in [0.1, 0.15) is 18.9 Å². The minimum atomic E-state index is 0. The molecule has 1 aromatic carbocycles. The summed E-state index contributed by atoms with van der Waals surface area (Å²) in [5, 5.41) is 0. The summed E-state index contributed by atoms with van der Waals surface area (Å²) in [6.45, 7) is 4.41. The number of rotatable bonds is 17. The second-order valence-corrected chi connectivity index (χ2v) is 8.41. The Bertz CT molecular complexity index is 594. The SMILES string of the molecule is CCCCCCCCCCCCCCCCn1cc[n+](Cc2ccccc2)c1.[Br-]. The Morgan fingerprint density at radius 3 is 1.76 bits per heavy atom. The number of aryl methyl sites for hydroxylation is 1. The van der Waals surface area contributed by atoms with Crippen LogP contribution in [0.3, 0.4) is 0 Å². The smallest absolute Gasteiger partial charge is 0.244 e. The maximum atomic E-state index is 2.34. The average molecular weight is 464 g/mol. The van der Waals surface area contributed by atoms with E-state index in [0.29, 0.717) is 0 Å². The Hall–Kier alpha value is -1.09. The van der Waals surface area contributed by atoms with Crippen molar-refractivity contribution in [3.63, 3.8) is 0 Å².